The summed E-state index contributed by atoms with van der Waals surface area (Å²) in [6.45, 7) is 1.40. The van der Waals surface area contributed by atoms with Crippen molar-refractivity contribution in [2.75, 3.05) is 18.0 Å². The molecule has 1 atom stereocenters. The second-order valence-corrected chi connectivity index (χ2v) is 8.71. The number of pyridine rings is 1. The number of fused-ring (bicyclic) bond motifs is 1. The van der Waals surface area contributed by atoms with E-state index in [4.69, 9.17) is 5.73 Å². The molecule has 33 heavy (non-hydrogen) atoms. The number of benzene rings is 1. The van der Waals surface area contributed by atoms with Gasteiger partial charge in [0.1, 0.15) is 23.4 Å². The van der Waals surface area contributed by atoms with Gasteiger partial charge >= 0.3 is 0 Å². The van der Waals surface area contributed by atoms with Crippen LogP contribution in [0.5, 0.6) is 0 Å². The third-order valence-corrected chi connectivity index (χ3v) is 6.25. The zero-order valence-corrected chi connectivity index (χ0v) is 19.0. The topological polar surface area (TPSA) is 114 Å². The molecule has 0 bridgehead atoms. The molecule has 2 aliphatic rings. The molecule has 0 aliphatic carbocycles. The quantitative estimate of drug-likeness (QED) is 0.540. The van der Waals surface area contributed by atoms with Gasteiger partial charge in [-0.05, 0) is 54.9 Å². The summed E-state index contributed by atoms with van der Waals surface area (Å²) >= 11 is 0.819. The summed E-state index contributed by atoms with van der Waals surface area (Å²) in [5, 5.41) is 1.79. The molecule has 0 saturated carbocycles. The number of hydrogen-bond acceptors (Lipinski definition) is 8. The Morgan fingerprint density at radius 3 is 2.79 bits per heavy atom. The van der Waals surface area contributed by atoms with Crippen LogP contribution in [0.4, 0.5) is 14.9 Å². The number of piperidine rings is 1. The van der Waals surface area contributed by atoms with Crippen molar-refractivity contribution in [3.8, 4) is 11.3 Å². The van der Waals surface area contributed by atoms with Crippen molar-refractivity contribution in [2.45, 2.75) is 18.9 Å². The Balaban J connectivity index is 0.00000259. The van der Waals surface area contributed by atoms with Gasteiger partial charge in [0.05, 0.1) is 21.8 Å². The molecule has 2 fully saturated rings. The molecule has 2 aromatic heterocycles. The lowest BCUT2D eigenvalue weighted by Crippen LogP contribution is -2.43. The van der Waals surface area contributed by atoms with E-state index < -0.39 is 11.1 Å². The number of carbonyl (C=O) groups excluding carboxylic acids is 2. The van der Waals surface area contributed by atoms with E-state index in [2.05, 4.69) is 20.3 Å². The highest BCUT2D eigenvalue weighted by Crippen LogP contribution is 2.31. The van der Waals surface area contributed by atoms with Crippen molar-refractivity contribution in [1.29, 1.82) is 0 Å². The number of carbonyl (C=O) groups is 2. The second kappa shape index (κ2) is 9.42. The Morgan fingerprint density at radius 2 is 2.06 bits per heavy atom. The maximum Gasteiger partial charge on any atom is 0.290 e. The smallest absolute Gasteiger partial charge is 0.290 e. The van der Waals surface area contributed by atoms with Gasteiger partial charge in [-0.1, -0.05) is 6.07 Å². The number of halogens is 2. The first-order valence-electron chi connectivity index (χ1n) is 10.1. The molecule has 11 heteroatoms. The largest absolute Gasteiger partial charge is 0.368 e. The predicted octanol–water partition coefficient (Wildman–Crippen LogP) is 3.50. The van der Waals surface area contributed by atoms with E-state index in [1.165, 1.54) is 18.5 Å². The number of anilines is 1. The summed E-state index contributed by atoms with van der Waals surface area (Å²) in [5.74, 6) is -0.805. The van der Waals surface area contributed by atoms with Crippen molar-refractivity contribution >= 4 is 58.1 Å². The van der Waals surface area contributed by atoms with Crippen molar-refractivity contribution < 1.29 is 14.0 Å². The minimum absolute atomic E-state index is 0. The van der Waals surface area contributed by atoms with Gasteiger partial charge in [0, 0.05) is 24.7 Å². The highest BCUT2D eigenvalue weighted by Gasteiger charge is 2.25. The molecule has 4 heterocycles. The number of rotatable bonds is 3. The van der Waals surface area contributed by atoms with Crippen molar-refractivity contribution in [3.63, 3.8) is 0 Å². The van der Waals surface area contributed by atoms with E-state index in [1.54, 1.807) is 18.2 Å². The van der Waals surface area contributed by atoms with Crippen molar-refractivity contribution in [2.24, 2.45) is 5.73 Å². The SMILES string of the molecule is Cl.N[C@H]1CCCN(c2ccc(-c3ncnc4ccc(C=C5SC(=O)NC5=O)nc34)cc2F)C1. The normalized spacial score (nSPS) is 19.6. The number of aromatic nitrogens is 3. The van der Waals surface area contributed by atoms with Gasteiger partial charge in [-0.2, -0.15) is 0 Å². The standard InChI is InChI=1S/C22H19FN6O2S.ClH/c23-15-8-12(3-6-17(15)29-7-1-2-13(24)10-29)19-20-16(25-11-26-19)5-4-14(27-20)9-18-21(30)28-22(31)32-18;/h3-6,8-9,11,13H,1-2,7,10,24H2,(H,28,30,31);1H/t13-;/m0./s1. The van der Waals surface area contributed by atoms with Crippen molar-refractivity contribution in [3.05, 3.63) is 53.1 Å². The third-order valence-electron chi connectivity index (χ3n) is 5.44. The summed E-state index contributed by atoms with van der Waals surface area (Å²) in [6.07, 6.45) is 4.82. The molecule has 3 aromatic rings. The zero-order chi connectivity index (χ0) is 22.2. The first kappa shape index (κ1) is 23.1. The molecule has 0 unspecified atom stereocenters. The number of amides is 2. The highest BCUT2D eigenvalue weighted by atomic mass is 35.5. The minimum atomic E-state index is -0.457. The van der Waals surface area contributed by atoms with E-state index in [0.717, 1.165) is 31.1 Å². The Bertz CT molecular complexity index is 1290. The molecule has 170 valence electrons. The van der Waals surface area contributed by atoms with Crippen LogP contribution in [0.1, 0.15) is 18.5 Å². The number of nitrogens with zero attached hydrogens (tertiary/aromatic N) is 4. The van der Waals surface area contributed by atoms with Gasteiger partial charge in [0.25, 0.3) is 11.1 Å². The predicted molar refractivity (Wildman–Crippen MR) is 129 cm³/mol. The highest BCUT2D eigenvalue weighted by molar-refractivity contribution is 8.18. The molecule has 0 spiro atoms. The van der Waals surface area contributed by atoms with Crippen LogP contribution < -0.4 is 16.0 Å². The average molecular weight is 487 g/mol. The zero-order valence-electron chi connectivity index (χ0n) is 17.3. The van der Waals surface area contributed by atoms with E-state index in [0.29, 0.717) is 40.2 Å². The minimum Gasteiger partial charge on any atom is -0.368 e. The molecule has 2 saturated heterocycles. The average Bonchev–Trinajstić information content (AvgIpc) is 3.09. The fraction of sp³-hybridized carbons (Fsp3) is 0.227. The van der Waals surface area contributed by atoms with Crippen LogP contribution in [0.2, 0.25) is 0 Å². The number of hydrogen-bond donors (Lipinski definition) is 2. The summed E-state index contributed by atoms with van der Waals surface area (Å²) in [4.78, 5) is 38.6. The summed E-state index contributed by atoms with van der Waals surface area (Å²) in [6, 6.07) is 8.49. The molecule has 2 amide bonds. The molecule has 5 rings (SSSR count). The molecule has 3 N–H and O–H groups in total. The fourth-order valence-corrected chi connectivity index (χ4v) is 4.61. The van der Waals surface area contributed by atoms with Gasteiger partial charge < -0.3 is 10.6 Å². The van der Waals surface area contributed by atoms with Crippen LogP contribution in [0.25, 0.3) is 28.4 Å². The molecular weight excluding hydrogens is 467 g/mol. The first-order chi connectivity index (χ1) is 15.5. The molecular formula is C22H20ClFN6O2S. The van der Waals surface area contributed by atoms with Gasteiger partial charge in [0.2, 0.25) is 0 Å². The molecule has 8 nitrogen and oxygen atoms in total. The van der Waals surface area contributed by atoms with Gasteiger partial charge in [-0.25, -0.2) is 19.3 Å². The first-order valence-corrected chi connectivity index (χ1v) is 11.0. The van der Waals surface area contributed by atoms with Gasteiger partial charge in [0.15, 0.2) is 0 Å². The second-order valence-electron chi connectivity index (χ2n) is 7.69. The summed E-state index contributed by atoms with van der Waals surface area (Å²) < 4.78 is 15.0. The Morgan fingerprint density at radius 1 is 1.21 bits per heavy atom. The van der Waals surface area contributed by atoms with E-state index in [1.807, 2.05) is 11.0 Å². The van der Waals surface area contributed by atoms with Gasteiger partial charge in [-0.15, -0.1) is 12.4 Å². The molecule has 1 aromatic carbocycles. The number of nitrogens with one attached hydrogen (secondary N) is 1. The van der Waals surface area contributed by atoms with E-state index in [9.17, 15) is 9.59 Å². The lowest BCUT2D eigenvalue weighted by atomic mass is 10.0. The van der Waals surface area contributed by atoms with E-state index >= 15 is 4.39 Å². The number of thioether (sulfide) groups is 1. The number of imide groups is 1. The Kier molecular flexibility index (Phi) is 6.59. The molecule has 0 radical (unpaired) electrons. The molecule has 2 aliphatic heterocycles. The Hall–Kier alpha value is -3.08. The van der Waals surface area contributed by atoms with Crippen LogP contribution in [0.3, 0.4) is 0 Å². The number of nitrogens with two attached hydrogens (primary N) is 1. The maximum atomic E-state index is 15.0. The van der Waals surface area contributed by atoms with Crippen LogP contribution in [0.15, 0.2) is 41.6 Å². The fourth-order valence-electron chi connectivity index (χ4n) is 3.94. The lowest BCUT2D eigenvalue weighted by Gasteiger charge is -2.32. The maximum absolute atomic E-state index is 15.0. The Labute approximate surface area is 199 Å². The third kappa shape index (κ3) is 4.68. The van der Waals surface area contributed by atoms with Crippen LogP contribution >= 0.6 is 24.2 Å². The monoisotopic (exact) mass is 486 g/mol. The van der Waals surface area contributed by atoms with E-state index in [-0.39, 0.29) is 29.2 Å². The summed E-state index contributed by atoms with van der Waals surface area (Å²) in [5.41, 5.74) is 9.15. The van der Waals surface area contributed by atoms with Crippen LogP contribution in [-0.2, 0) is 4.79 Å². The van der Waals surface area contributed by atoms with Crippen molar-refractivity contribution in [1.82, 2.24) is 20.3 Å². The lowest BCUT2D eigenvalue weighted by molar-refractivity contribution is -0.115. The van der Waals surface area contributed by atoms with Gasteiger partial charge in [-0.3, -0.25) is 14.9 Å². The van der Waals surface area contributed by atoms with Crippen LogP contribution in [0, 0.1) is 5.82 Å². The van der Waals surface area contributed by atoms with Crippen LogP contribution in [-0.4, -0.2) is 45.2 Å². The summed E-state index contributed by atoms with van der Waals surface area (Å²) in [7, 11) is 0.